The molecule has 0 amide bonds. The van der Waals surface area contributed by atoms with E-state index in [9.17, 15) is 4.79 Å². The lowest BCUT2D eigenvalue weighted by molar-refractivity contribution is -0.128. The van der Waals surface area contributed by atoms with Crippen LogP contribution in [0.2, 0.25) is 0 Å². The zero-order valence-electron chi connectivity index (χ0n) is 10.0. The van der Waals surface area contributed by atoms with E-state index in [0.29, 0.717) is 13.1 Å². The Kier molecular flexibility index (Phi) is 16.9. The second-order valence-electron chi connectivity index (χ2n) is 3.26. The van der Waals surface area contributed by atoms with Crippen LogP contribution in [0.5, 0.6) is 0 Å². The Hall–Kier alpha value is -0.570. The van der Waals surface area contributed by atoms with Crippen molar-refractivity contribution in [2.45, 2.75) is 53.0 Å². The van der Waals surface area contributed by atoms with Gasteiger partial charge in [0, 0.05) is 6.04 Å². The fourth-order valence-corrected chi connectivity index (χ4v) is 0.927. The minimum atomic E-state index is 0.431. The summed E-state index contributed by atoms with van der Waals surface area (Å²) in [6, 6.07) is 0.796. The molecule has 0 radical (unpaired) electrons. The van der Waals surface area contributed by atoms with Gasteiger partial charge in [-0.15, -0.1) is 0 Å². The van der Waals surface area contributed by atoms with Crippen molar-refractivity contribution < 1.29 is 9.53 Å². The minimum Gasteiger partial charge on any atom is -0.468 e. The average Bonchev–Trinajstić information content (AvgIpc) is 2.60. The normalized spacial score (nSPS) is 18.4. The minimum absolute atomic E-state index is 0.431. The monoisotopic (exact) mass is 203 g/mol. The van der Waals surface area contributed by atoms with Gasteiger partial charge < -0.3 is 10.1 Å². The fraction of sp³-hybridized carbons (Fsp3) is 0.909. The summed E-state index contributed by atoms with van der Waals surface area (Å²) in [6.45, 7) is 10.4. The standard InChI is InChI=1S/C5H11N.C3H6O2.C3H8/c1-5-3-2-4-6-5;1-2-5-3-4;1-3-2/h5-6H,2-4H2,1H3;3H,2H2,1H3;3H2,1-2H3. The zero-order valence-corrected chi connectivity index (χ0v) is 10.0. The first-order valence-electron chi connectivity index (χ1n) is 5.51. The van der Waals surface area contributed by atoms with Gasteiger partial charge >= 0.3 is 0 Å². The molecule has 1 N–H and O–H groups in total. The van der Waals surface area contributed by atoms with Crippen LogP contribution in [0.25, 0.3) is 0 Å². The number of carbonyl (C=O) groups excluding carboxylic acids is 1. The molecule has 0 aromatic rings. The third-order valence-electron chi connectivity index (χ3n) is 1.54. The fourth-order valence-electron chi connectivity index (χ4n) is 0.927. The number of rotatable bonds is 2. The highest BCUT2D eigenvalue weighted by Gasteiger charge is 2.05. The Morgan fingerprint density at radius 3 is 2.07 bits per heavy atom. The number of nitrogens with one attached hydrogen (secondary N) is 1. The molecule has 1 heterocycles. The van der Waals surface area contributed by atoms with E-state index >= 15 is 0 Å². The molecule has 1 atom stereocenters. The molecule has 3 nitrogen and oxygen atoms in total. The first-order chi connectivity index (χ1) is 6.72. The van der Waals surface area contributed by atoms with Crippen LogP contribution in [-0.2, 0) is 9.53 Å². The van der Waals surface area contributed by atoms with E-state index in [1.807, 2.05) is 0 Å². The second-order valence-corrected chi connectivity index (χ2v) is 3.26. The third kappa shape index (κ3) is 17.5. The lowest BCUT2D eigenvalue weighted by Crippen LogP contribution is -2.16. The van der Waals surface area contributed by atoms with Gasteiger partial charge in [0.2, 0.25) is 0 Å². The summed E-state index contributed by atoms with van der Waals surface area (Å²) >= 11 is 0. The van der Waals surface area contributed by atoms with Crippen LogP contribution < -0.4 is 5.32 Å². The molecule has 14 heavy (non-hydrogen) atoms. The summed E-state index contributed by atoms with van der Waals surface area (Å²) in [5, 5.41) is 3.32. The molecule has 1 fully saturated rings. The molecule has 0 aromatic heterocycles. The van der Waals surface area contributed by atoms with E-state index in [1.165, 1.54) is 25.8 Å². The molecule has 1 saturated heterocycles. The van der Waals surface area contributed by atoms with Crippen LogP contribution in [0.1, 0.15) is 47.0 Å². The molecule has 0 aliphatic carbocycles. The number of hydrogen-bond acceptors (Lipinski definition) is 3. The molecule has 0 bridgehead atoms. The van der Waals surface area contributed by atoms with Crippen molar-refractivity contribution in [2.24, 2.45) is 0 Å². The van der Waals surface area contributed by atoms with E-state index in [4.69, 9.17) is 0 Å². The Balaban J connectivity index is 0. The maximum Gasteiger partial charge on any atom is 0.293 e. The second kappa shape index (κ2) is 14.9. The molecule has 1 rings (SSSR count). The highest BCUT2D eigenvalue weighted by atomic mass is 16.5. The first-order valence-corrected chi connectivity index (χ1v) is 5.51. The Labute approximate surface area is 88.2 Å². The quantitative estimate of drug-likeness (QED) is 0.700. The molecular weight excluding hydrogens is 178 g/mol. The summed E-state index contributed by atoms with van der Waals surface area (Å²) in [7, 11) is 0. The molecule has 3 heteroatoms. The molecule has 0 saturated carbocycles. The van der Waals surface area contributed by atoms with Crippen molar-refractivity contribution in [3.63, 3.8) is 0 Å². The Bertz CT molecular complexity index is 101. The van der Waals surface area contributed by atoms with Gasteiger partial charge in [-0.1, -0.05) is 20.3 Å². The predicted octanol–water partition coefficient (Wildman–Crippen LogP) is 2.35. The summed E-state index contributed by atoms with van der Waals surface area (Å²) in [5.74, 6) is 0. The number of carbonyl (C=O) groups is 1. The summed E-state index contributed by atoms with van der Waals surface area (Å²) in [4.78, 5) is 9.18. The smallest absolute Gasteiger partial charge is 0.293 e. The molecular formula is C11H25NO2. The molecule has 0 aromatic carbocycles. The van der Waals surface area contributed by atoms with Crippen LogP contribution in [0, 0.1) is 0 Å². The van der Waals surface area contributed by atoms with Crippen LogP contribution in [-0.4, -0.2) is 25.7 Å². The van der Waals surface area contributed by atoms with Crippen LogP contribution in [0.4, 0.5) is 0 Å². The van der Waals surface area contributed by atoms with Gasteiger partial charge in [0.25, 0.3) is 6.47 Å². The lowest BCUT2D eigenvalue weighted by Gasteiger charge is -1.95. The van der Waals surface area contributed by atoms with Crippen molar-refractivity contribution in [3.05, 3.63) is 0 Å². The van der Waals surface area contributed by atoms with Gasteiger partial charge in [-0.25, -0.2) is 0 Å². The van der Waals surface area contributed by atoms with Gasteiger partial charge in [0.15, 0.2) is 0 Å². The summed E-state index contributed by atoms with van der Waals surface area (Å²) in [6.07, 6.45) is 4.00. The average molecular weight is 203 g/mol. The molecule has 0 spiro atoms. The number of hydrogen-bond donors (Lipinski definition) is 1. The third-order valence-corrected chi connectivity index (χ3v) is 1.54. The van der Waals surface area contributed by atoms with Crippen LogP contribution in [0.15, 0.2) is 0 Å². The highest BCUT2D eigenvalue weighted by molar-refractivity contribution is 5.36. The SMILES string of the molecule is CC1CCCN1.CCC.CCOC=O. The van der Waals surface area contributed by atoms with Gasteiger partial charge in [0.05, 0.1) is 6.61 Å². The van der Waals surface area contributed by atoms with Gasteiger partial charge in [0.1, 0.15) is 0 Å². The van der Waals surface area contributed by atoms with E-state index in [-0.39, 0.29) is 0 Å². The predicted molar refractivity (Wildman–Crippen MR) is 60.4 cm³/mol. The van der Waals surface area contributed by atoms with Crippen molar-refractivity contribution in [3.8, 4) is 0 Å². The molecule has 1 aliphatic rings. The highest BCUT2D eigenvalue weighted by Crippen LogP contribution is 2.01. The van der Waals surface area contributed by atoms with Crippen molar-refractivity contribution in [1.29, 1.82) is 0 Å². The van der Waals surface area contributed by atoms with E-state index < -0.39 is 0 Å². The molecule has 1 unspecified atom stereocenters. The number of ether oxygens (including phenoxy) is 1. The Morgan fingerprint density at radius 2 is 2.00 bits per heavy atom. The van der Waals surface area contributed by atoms with E-state index in [2.05, 4.69) is 30.8 Å². The molecule has 1 aliphatic heterocycles. The lowest BCUT2D eigenvalue weighted by atomic mass is 10.3. The van der Waals surface area contributed by atoms with Crippen molar-refractivity contribution in [1.82, 2.24) is 5.32 Å². The first kappa shape index (κ1) is 15.9. The van der Waals surface area contributed by atoms with Crippen molar-refractivity contribution >= 4 is 6.47 Å². The van der Waals surface area contributed by atoms with Gasteiger partial charge in [-0.05, 0) is 33.2 Å². The van der Waals surface area contributed by atoms with Crippen molar-refractivity contribution in [2.75, 3.05) is 13.2 Å². The van der Waals surface area contributed by atoms with E-state index in [0.717, 1.165) is 6.04 Å². The van der Waals surface area contributed by atoms with Gasteiger partial charge in [-0.3, -0.25) is 4.79 Å². The Morgan fingerprint density at radius 1 is 1.43 bits per heavy atom. The maximum atomic E-state index is 9.18. The topological polar surface area (TPSA) is 38.3 Å². The summed E-state index contributed by atoms with van der Waals surface area (Å²) < 4.78 is 4.15. The van der Waals surface area contributed by atoms with Gasteiger partial charge in [-0.2, -0.15) is 0 Å². The molecule has 86 valence electrons. The summed E-state index contributed by atoms with van der Waals surface area (Å²) in [5.41, 5.74) is 0. The maximum absolute atomic E-state index is 9.18. The largest absolute Gasteiger partial charge is 0.468 e. The van der Waals surface area contributed by atoms with Crippen LogP contribution in [0.3, 0.4) is 0 Å². The van der Waals surface area contributed by atoms with Crippen LogP contribution >= 0.6 is 0 Å². The zero-order chi connectivity index (χ0) is 11.2. The van der Waals surface area contributed by atoms with E-state index in [1.54, 1.807) is 6.92 Å².